The van der Waals surface area contributed by atoms with E-state index in [9.17, 15) is 0 Å². The van der Waals surface area contributed by atoms with Crippen LogP contribution < -0.4 is 4.74 Å². The Morgan fingerprint density at radius 2 is 0.915 bits per heavy atom. The van der Waals surface area contributed by atoms with Gasteiger partial charge in [0.2, 0.25) is 0 Å². The number of hydrogen-bond donors (Lipinski definition) is 0. The molecule has 5 heteroatoms. The lowest BCUT2D eigenvalue weighted by Gasteiger charge is -2.13. The molecule has 4 aromatic heterocycles. The molecule has 59 heavy (non-hydrogen) atoms. The summed E-state index contributed by atoms with van der Waals surface area (Å²) < 4.78 is 28.2. The van der Waals surface area contributed by atoms with Crippen molar-refractivity contribution in [3.63, 3.8) is 0 Å². The van der Waals surface area contributed by atoms with Gasteiger partial charge in [-0.05, 0) is 113 Å². The minimum absolute atomic E-state index is 0.0118. The molecule has 1 aliphatic carbocycles. The third kappa shape index (κ3) is 4.33. The van der Waals surface area contributed by atoms with Gasteiger partial charge < -0.3 is 22.6 Å². The Kier molecular flexibility index (Phi) is 6.07. The molecule has 2 aliphatic rings. The van der Waals surface area contributed by atoms with Crippen LogP contribution in [0.4, 0.5) is 0 Å². The van der Waals surface area contributed by atoms with Crippen molar-refractivity contribution in [2.45, 2.75) is 12.0 Å². The molecule has 276 valence electrons. The minimum atomic E-state index is 0.0118. The van der Waals surface area contributed by atoms with Gasteiger partial charge in [0.1, 0.15) is 22.9 Å². The predicted octanol–water partition coefficient (Wildman–Crippen LogP) is 14.8. The maximum atomic E-state index is 6.52. The highest BCUT2D eigenvalue weighted by Crippen LogP contribution is 2.48. The summed E-state index contributed by atoms with van der Waals surface area (Å²) in [7, 11) is 0. The number of aromatic nitrogens is 1. The summed E-state index contributed by atoms with van der Waals surface area (Å²) in [6.45, 7) is 0. The summed E-state index contributed by atoms with van der Waals surface area (Å²) >= 11 is 0. The Morgan fingerprint density at radius 3 is 1.61 bits per heavy atom. The second-order valence-electron chi connectivity index (χ2n) is 15.9. The van der Waals surface area contributed by atoms with Gasteiger partial charge in [-0.1, -0.05) is 85.0 Å². The number of nitrogens with zero attached hydrogens (tertiary/aromatic N) is 1. The molecule has 5 heterocycles. The third-order valence-electron chi connectivity index (χ3n) is 12.8. The van der Waals surface area contributed by atoms with E-state index in [1.54, 1.807) is 0 Å². The summed E-state index contributed by atoms with van der Waals surface area (Å²) in [5.41, 5.74) is 14.1. The number of rotatable bonds is 3. The SMILES string of the molecule is C1=CC2Oc3c(ccc4c3oc3ccc(-c5ccc6c(c5)c5cc(-c7ccc8oc9c(ccc%10c%11ccccc%11oc%109)c8c7)ccc5n6-c5ccccc5)cc34)C2C=C1. The fraction of sp³-hybridized carbons (Fsp3) is 0.0370. The monoisotopic (exact) mass is 757 g/mol. The molecule has 0 radical (unpaired) electrons. The van der Waals surface area contributed by atoms with Crippen molar-refractivity contribution >= 4 is 87.6 Å². The molecule has 0 bridgehead atoms. The molecular weight excluding hydrogens is 727 g/mol. The number of allylic oxidation sites excluding steroid dienone is 2. The molecule has 0 saturated heterocycles. The Morgan fingerprint density at radius 1 is 0.390 bits per heavy atom. The van der Waals surface area contributed by atoms with Crippen LogP contribution in [0.2, 0.25) is 0 Å². The Hall–Kier alpha value is -7.76. The Bertz CT molecular complexity index is 3830. The third-order valence-corrected chi connectivity index (χ3v) is 12.8. The van der Waals surface area contributed by atoms with Gasteiger partial charge in [-0.15, -0.1) is 0 Å². The van der Waals surface area contributed by atoms with Gasteiger partial charge in [-0.25, -0.2) is 0 Å². The largest absolute Gasteiger partial charge is 0.481 e. The Labute approximate surface area is 336 Å². The van der Waals surface area contributed by atoms with Crippen molar-refractivity contribution in [1.82, 2.24) is 4.57 Å². The second-order valence-corrected chi connectivity index (χ2v) is 15.9. The van der Waals surface area contributed by atoms with E-state index in [1.165, 1.54) is 16.3 Å². The topological polar surface area (TPSA) is 53.6 Å². The summed E-state index contributed by atoms with van der Waals surface area (Å²) in [5.74, 6) is 1.08. The number of hydrogen-bond acceptors (Lipinski definition) is 4. The number of ether oxygens (including phenoxy) is 1. The van der Waals surface area contributed by atoms with Crippen LogP contribution in [-0.2, 0) is 0 Å². The van der Waals surface area contributed by atoms with Crippen LogP contribution >= 0.6 is 0 Å². The zero-order valence-electron chi connectivity index (χ0n) is 31.5. The van der Waals surface area contributed by atoms with E-state index in [0.717, 1.165) is 111 Å². The number of benzene rings is 8. The summed E-state index contributed by atoms with van der Waals surface area (Å²) in [6.07, 6.45) is 8.52. The van der Waals surface area contributed by atoms with Crippen molar-refractivity contribution in [3.05, 3.63) is 182 Å². The van der Waals surface area contributed by atoms with Crippen molar-refractivity contribution in [2.24, 2.45) is 0 Å². The first-order valence-corrected chi connectivity index (χ1v) is 20.1. The van der Waals surface area contributed by atoms with Crippen LogP contribution in [-0.4, -0.2) is 10.7 Å². The van der Waals surface area contributed by atoms with E-state index in [0.29, 0.717) is 0 Å². The highest BCUT2D eigenvalue weighted by molar-refractivity contribution is 6.19. The minimum Gasteiger partial charge on any atom is -0.481 e. The fourth-order valence-corrected chi connectivity index (χ4v) is 9.94. The lowest BCUT2D eigenvalue weighted by Crippen LogP contribution is -2.15. The molecule has 14 rings (SSSR count). The van der Waals surface area contributed by atoms with E-state index < -0.39 is 0 Å². The molecule has 0 spiro atoms. The van der Waals surface area contributed by atoms with E-state index >= 15 is 0 Å². The quantitative estimate of drug-likeness (QED) is 0.180. The van der Waals surface area contributed by atoms with Gasteiger partial charge in [-0.2, -0.15) is 0 Å². The zero-order valence-corrected chi connectivity index (χ0v) is 31.5. The average Bonchev–Trinajstić information content (AvgIpc) is 4.11. The molecule has 0 fully saturated rings. The molecule has 2 unspecified atom stereocenters. The summed E-state index contributed by atoms with van der Waals surface area (Å²) in [6, 6.07) is 54.3. The zero-order chi connectivity index (χ0) is 38.3. The van der Waals surface area contributed by atoms with E-state index in [-0.39, 0.29) is 12.0 Å². The lowest BCUT2D eigenvalue weighted by molar-refractivity contribution is 0.269. The van der Waals surface area contributed by atoms with Gasteiger partial charge in [0, 0.05) is 60.3 Å². The van der Waals surface area contributed by atoms with E-state index in [2.05, 4.69) is 162 Å². The molecule has 8 aromatic carbocycles. The van der Waals surface area contributed by atoms with Gasteiger partial charge in [-0.3, -0.25) is 0 Å². The van der Waals surface area contributed by atoms with Crippen LogP contribution in [0.3, 0.4) is 0 Å². The maximum Gasteiger partial charge on any atom is 0.178 e. The second kappa shape index (κ2) is 11.4. The molecule has 1 aliphatic heterocycles. The molecule has 2 atom stereocenters. The molecule has 0 saturated carbocycles. The van der Waals surface area contributed by atoms with Gasteiger partial charge in [0.15, 0.2) is 22.5 Å². The van der Waals surface area contributed by atoms with Gasteiger partial charge in [0.25, 0.3) is 0 Å². The Balaban J connectivity index is 0.926. The number of fused-ring (bicyclic) bond motifs is 17. The van der Waals surface area contributed by atoms with Crippen LogP contribution in [0.25, 0.3) is 116 Å². The smallest absolute Gasteiger partial charge is 0.178 e. The van der Waals surface area contributed by atoms with Crippen LogP contribution in [0, 0.1) is 0 Å². The number of furan rings is 3. The van der Waals surface area contributed by atoms with Crippen molar-refractivity contribution < 1.29 is 18.0 Å². The maximum absolute atomic E-state index is 6.52. The normalized spacial score (nSPS) is 16.1. The lowest BCUT2D eigenvalue weighted by atomic mass is 9.91. The fourth-order valence-electron chi connectivity index (χ4n) is 9.94. The highest BCUT2D eigenvalue weighted by atomic mass is 16.5. The van der Waals surface area contributed by atoms with Crippen molar-refractivity contribution in [3.8, 4) is 33.7 Å². The van der Waals surface area contributed by atoms with Gasteiger partial charge >= 0.3 is 0 Å². The van der Waals surface area contributed by atoms with E-state index in [4.69, 9.17) is 18.0 Å². The van der Waals surface area contributed by atoms with Crippen molar-refractivity contribution in [1.29, 1.82) is 0 Å². The molecule has 0 amide bonds. The average molecular weight is 758 g/mol. The molecule has 12 aromatic rings. The first-order valence-electron chi connectivity index (χ1n) is 20.1. The standard InChI is InChI=1S/C54H31NO4/c1-2-8-34(9-3-1)55-45-22-14-30(32-16-24-49-43(28-32)39-20-18-37-35-10-4-6-12-47(35)56-51(37)53(39)58-49)26-41(45)42-27-31(15-23-46(42)55)33-17-25-50-44(29-33)40-21-19-38-36-11-5-7-13-48(36)57-52(38)54(40)59-50/h1-29,35,47H. The number of para-hydroxylation sites is 2. The summed E-state index contributed by atoms with van der Waals surface area (Å²) in [4.78, 5) is 0. The molecule has 0 N–H and O–H groups in total. The highest BCUT2D eigenvalue weighted by Gasteiger charge is 2.34. The molecular formula is C54H31NO4. The van der Waals surface area contributed by atoms with E-state index in [1.807, 2.05) is 18.2 Å². The van der Waals surface area contributed by atoms with Crippen LogP contribution in [0.5, 0.6) is 5.75 Å². The van der Waals surface area contributed by atoms with Crippen LogP contribution in [0.1, 0.15) is 11.5 Å². The first-order chi connectivity index (χ1) is 29.2. The van der Waals surface area contributed by atoms with Crippen LogP contribution in [0.15, 0.2) is 189 Å². The first kappa shape index (κ1) is 31.3. The van der Waals surface area contributed by atoms with Gasteiger partial charge in [0.05, 0.1) is 11.0 Å². The van der Waals surface area contributed by atoms with Crippen molar-refractivity contribution in [2.75, 3.05) is 0 Å². The molecule has 5 nitrogen and oxygen atoms in total. The summed E-state index contributed by atoms with van der Waals surface area (Å²) in [5, 5.41) is 8.82. The predicted molar refractivity (Wildman–Crippen MR) is 239 cm³/mol.